The highest BCUT2D eigenvalue weighted by Crippen LogP contribution is 2.28. The van der Waals surface area contributed by atoms with E-state index in [2.05, 4.69) is 14.5 Å². The highest BCUT2D eigenvalue weighted by atomic mass is 32.2. The van der Waals surface area contributed by atoms with Gasteiger partial charge in [-0.2, -0.15) is 13.2 Å². The number of furan rings is 1. The molecule has 3 aromatic rings. The van der Waals surface area contributed by atoms with Crippen LogP contribution in [-0.4, -0.2) is 27.7 Å². The number of alkyl halides is 3. The first-order valence-electron chi connectivity index (χ1n) is 8.39. The largest absolute Gasteiger partial charge is 0.508 e. The standard InChI is InChI=1S/C18H16F3N3O5S/c1-27-9-11-3-5-14(16(22)24-11)17(25)23-8-13-6-10-2-4-12(7-15(10)28-13)29-30(26)18(19,20)21/h2-7H,8-9H2,1H3,(H2,22,24)(H,23,25). The molecule has 1 atom stereocenters. The minimum absolute atomic E-state index is 0.00253. The van der Waals surface area contributed by atoms with Crippen LogP contribution in [0.2, 0.25) is 0 Å². The van der Waals surface area contributed by atoms with E-state index in [1.54, 1.807) is 12.1 Å². The van der Waals surface area contributed by atoms with E-state index in [1.807, 2.05) is 0 Å². The van der Waals surface area contributed by atoms with Gasteiger partial charge in [0.2, 0.25) is 0 Å². The van der Waals surface area contributed by atoms with Crippen molar-refractivity contribution in [3.8, 4) is 5.75 Å². The van der Waals surface area contributed by atoms with Gasteiger partial charge in [0.25, 0.3) is 5.91 Å². The third-order valence-corrected chi connectivity index (χ3v) is 4.57. The maximum atomic E-state index is 12.3. The van der Waals surface area contributed by atoms with Crippen LogP contribution in [0.1, 0.15) is 21.8 Å². The molecule has 12 heteroatoms. The summed E-state index contributed by atoms with van der Waals surface area (Å²) in [5.41, 5.74) is 1.77. The van der Waals surface area contributed by atoms with Gasteiger partial charge in [-0.15, -0.1) is 0 Å². The number of nitrogen functional groups attached to an aromatic ring is 1. The summed E-state index contributed by atoms with van der Waals surface area (Å²) in [6.07, 6.45) is 0. The highest BCUT2D eigenvalue weighted by Gasteiger charge is 2.40. The lowest BCUT2D eigenvalue weighted by Crippen LogP contribution is -2.24. The highest BCUT2D eigenvalue weighted by molar-refractivity contribution is 7.81. The molecule has 2 aromatic heterocycles. The summed E-state index contributed by atoms with van der Waals surface area (Å²) in [5, 5.41) is 3.19. The first kappa shape index (κ1) is 21.6. The maximum absolute atomic E-state index is 12.3. The number of nitrogens with one attached hydrogen (secondary N) is 1. The van der Waals surface area contributed by atoms with Crippen molar-refractivity contribution < 1.29 is 35.5 Å². The number of pyridine rings is 1. The summed E-state index contributed by atoms with van der Waals surface area (Å²) in [6.45, 7) is 0.255. The third-order valence-electron chi connectivity index (χ3n) is 3.85. The van der Waals surface area contributed by atoms with Crippen molar-refractivity contribution in [2.75, 3.05) is 12.8 Å². The summed E-state index contributed by atoms with van der Waals surface area (Å²) >= 11 is -3.49. The van der Waals surface area contributed by atoms with E-state index in [1.165, 1.54) is 31.4 Å². The Morgan fingerprint density at radius 1 is 1.27 bits per heavy atom. The molecule has 0 radical (unpaired) electrons. The molecule has 2 heterocycles. The number of nitrogens with zero attached hydrogens (tertiary/aromatic N) is 1. The number of hydrogen-bond acceptors (Lipinski definition) is 7. The van der Waals surface area contributed by atoms with Crippen LogP contribution in [0.3, 0.4) is 0 Å². The summed E-state index contributed by atoms with van der Waals surface area (Å²) in [6, 6.07) is 8.60. The molecule has 0 bridgehead atoms. The summed E-state index contributed by atoms with van der Waals surface area (Å²) in [4.78, 5) is 16.4. The van der Waals surface area contributed by atoms with Crippen LogP contribution in [0.25, 0.3) is 11.0 Å². The van der Waals surface area contributed by atoms with E-state index in [4.69, 9.17) is 14.9 Å². The van der Waals surface area contributed by atoms with Gasteiger partial charge >= 0.3 is 16.6 Å². The summed E-state index contributed by atoms with van der Waals surface area (Å²) < 4.78 is 62.9. The van der Waals surface area contributed by atoms with Crippen LogP contribution in [-0.2, 0) is 29.0 Å². The summed E-state index contributed by atoms with van der Waals surface area (Å²) in [7, 11) is 1.51. The first-order chi connectivity index (χ1) is 14.2. The van der Waals surface area contributed by atoms with E-state index in [-0.39, 0.29) is 35.9 Å². The number of nitrogens with two attached hydrogens (primary N) is 1. The Bertz CT molecular complexity index is 1100. The molecule has 3 N–H and O–H groups in total. The second-order valence-electron chi connectivity index (χ2n) is 6.03. The molecule has 160 valence electrons. The number of halogens is 3. The summed E-state index contributed by atoms with van der Waals surface area (Å²) in [5.74, 6) is -0.354. The molecule has 0 aliphatic rings. The van der Waals surface area contributed by atoms with Crippen LogP contribution in [0.15, 0.2) is 40.8 Å². The molecule has 0 aliphatic carbocycles. The van der Waals surface area contributed by atoms with Crippen molar-refractivity contribution in [3.05, 3.63) is 53.4 Å². The van der Waals surface area contributed by atoms with Crippen LogP contribution in [0.4, 0.5) is 19.0 Å². The number of methoxy groups -OCH3 is 1. The number of amides is 1. The Morgan fingerprint density at radius 2 is 2.03 bits per heavy atom. The number of fused-ring (bicyclic) bond motifs is 1. The number of aromatic nitrogens is 1. The van der Waals surface area contributed by atoms with E-state index >= 15 is 0 Å². The molecule has 0 aliphatic heterocycles. The smallest absolute Gasteiger partial charge is 0.459 e. The predicted octanol–water partition coefficient (Wildman–Crippen LogP) is 3.05. The van der Waals surface area contributed by atoms with E-state index in [9.17, 15) is 22.2 Å². The predicted molar refractivity (Wildman–Crippen MR) is 102 cm³/mol. The average molecular weight is 443 g/mol. The van der Waals surface area contributed by atoms with Crippen LogP contribution in [0, 0.1) is 0 Å². The fourth-order valence-electron chi connectivity index (χ4n) is 2.54. The minimum atomic E-state index is -4.99. The molecule has 1 amide bonds. The normalized spacial score (nSPS) is 12.7. The van der Waals surface area contributed by atoms with Gasteiger partial charge in [0.15, 0.2) is 0 Å². The zero-order chi connectivity index (χ0) is 21.9. The van der Waals surface area contributed by atoms with Crippen molar-refractivity contribution >= 4 is 33.8 Å². The topological polar surface area (TPSA) is 117 Å². The number of carbonyl (C=O) groups is 1. The molecule has 3 rings (SSSR count). The van der Waals surface area contributed by atoms with Gasteiger partial charge in [-0.25, -0.2) is 9.19 Å². The first-order valence-corrected chi connectivity index (χ1v) is 9.47. The average Bonchev–Trinajstić information content (AvgIpc) is 3.08. The number of ether oxygens (including phenoxy) is 1. The van der Waals surface area contributed by atoms with Gasteiger partial charge in [-0.05, 0) is 30.3 Å². The molecule has 0 saturated heterocycles. The van der Waals surface area contributed by atoms with Crippen molar-refractivity contribution in [2.24, 2.45) is 0 Å². The van der Waals surface area contributed by atoms with Crippen molar-refractivity contribution in [1.82, 2.24) is 10.3 Å². The molecule has 0 spiro atoms. The molecule has 0 saturated carbocycles. The Morgan fingerprint density at radius 3 is 2.70 bits per heavy atom. The minimum Gasteiger partial charge on any atom is -0.459 e. The van der Waals surface area contributed by atoms with Gasteiger partial charge in [0, 0.05) is 18.6 Å². The van der Waals surface area contributed by atoms with Crippen LogP contribution < -0.4 is 15.2 Å². The van der Waals surface area contributed by atoms with Gasteiger partial charge in [-0.3, -0.25) is 4.79 Å². The fourth-order valence-corrected chi connectivity index (χ4v) is 2.91. The second-order valence-corrected chi connectivity index (χ2v) is 7.13. The van der Waals surface area contributed by atoms with Crippen molar-refractivity contribution in [2.45, 2.75) is 18.7 Å². The lowest BCUT2D eigenvalue weighted by molar-refractivity contribution is -0.0437. The van der Waals surface area contributed by atoms with Gasteiger partial charge < -0.3 is 24.4 Å². The number of benzene rings is 1. The molecule has 8 nitrogen and oxygen atoms in total. The van der Waals surface area contributed by atoms with Gasteiger partial charge in [0.1, 0.15) is 22.9 Å². The Labute approximate surface area is 170 Å². The quantitative estimate of drug-likeness (QED) is 0.576. The molecular formula is C18H16F3N3O5S. The molecule has 1 aromatic carbocycles. The van der Waals surface area contributed by atoms with E-state index in [0.717, 1.165) is 0 Å². The second kappa shape index (κ2) is 8.71. The lowest BCUT2D eigenvalue weighted by atomic mass is 10.2. The van der Waals surface area contributed by atoms with Gasteiger partial charge in [-0.1, -0.05) is 0 Å². The maximum Gasteiger partial charge on any atom is 0.508 e. The fraction of sp³-hybridized carbons (Fsp3) is 0.222. The number of hydrogen-bond donors (Lipinski definition) is 2. The number of anilines is 1. The Kier molecular flexibility index (Phi) is 6.27. The molecule has 0 fully saturated rings. The molecule has 30 heavy (non-hydrogen) atoms. The zero-order valence-electron chi connectivity index (χ0n) is 15.5. The third kappa shape index (κ3) is 5.07. The SMILES string of the molecule is COCc1ccc(C(=O)NCc2cc3ccc(OS(=O)C(F)(F)F)cc3o2)c(N)n1. The van der Waals surface area contributed by atoms with Crippen LogP contribution >= 0.6 is 0 Å². The number of carbonyl (C=O) groups excluding carboxylic acids is 1. The number of rotatable bonds is 7. The monoisotopic (exact) mass is 443 g/mol. The van der Waals surface area contributed by atoms with Gasteiger partial charge in [0.05, 0.1) is 24.4 Å². The van der Waals surface area contributed by atoms with Crippen molar-refractivity contribution in [1.29, 1.82) is 0 Å². The van der Waals surface area contributed by atoms with E-state index in [0.29, 0.717) is 16.8 Å². The van der Waals surface area contributed by atoms with Crippen LogP contribution in [0.5, 0.6) is 5.75 Å². The lowest BCUT2D eigenvalue weighted by Gasteiger charge is -2.07. The Hall–Kier alpha value is -3.12. The molecule has 1 unspecified atom stereocenters. The van der Waals surface area contributed by atoms with E-state index < -0.39 is 22.5 Å². The Balaban J connectivity index is 1.68. The zero-order valence-corrected chi connectivity index (χ0v) is 16.3. The van der Waals surface area contributed by atoms with Crippen molar-refractivity contribution in [3.63, 3.8) is 0 Å². The molecular weight excluding hydrogens is 427 g/mol.